The summed E-state index contributed by atoms with van der Waals surface area (Å²) in [5, 5.41) is 7.00. The molecule has 3 nitrogen and oxygen atoms in total. The molecule has 0 bridgehead atoms. The Morgan fingerprint density at radius 1 is 1.64 bits per heavy atom. The van der Waals surface area contributed by atoms with Gasteiger partial charge in [-0.1, -0.05) is 6.07 Å². The van der Waals surface area contributed by atoms with Crippen molar-refractivity contribution in [2.24, 2.45) is 5.73 Å². The molecule has 1 rings (SSSR count). The van der Waals surface area contributed by atoms with Crippen LogP contribution in [0.15, 0.2) is 18.2 Å². The van der Waals surface area contributed by atoms with Crippen molar-refractivity contribution >= 4 is 5.84 Å². The molecule has 0 saturated carbocycles. The molecule has 58 valence electrons. The molecule has 0 radical (unpaired) electrons. The van der Waals surface area contributed by atoms with E-state index in [2.05, 4.69) is 4.98 Å². The zero-order valence-electron chi connectivity index (χ0n) is 5.84. The van der Waals surface area contributed by atoms with Crippen molar-refractivity contribution in [3.63, 3.8) is 0 Å². The van der Waals surface area contributed by atoms with Crippen molar-refractivity contribution in [2.75, 3.05) is 0 Å². The minimum absolute atomic E-state index is 0.139. The summed E-state index contributed by atoms with van der Waals surface area (Å²) in [6, 6.07) is 4.74. The zero-order chi connectivity index (χ0) is 8.27. The fourth-order valence-electron chi connectivity index (χ4n) is 0.704. The van der Waals surface area contributed by atoms with Gasteiger partial charge in [0.15, 0.2) is 0 Å². The predicted molar refractivity (Wildman–Crippen MR) is 40.1 cm³/mol. The first-order valence-electron chi connectivity index (χ1n) is 3.10. The van der Waals surface area contributed by atoms with E-state index >= 15 is 0 Å². The Balaban J connectivity index is 3.01. The standard InChI is InChI=1S/C7H8FN3/c8-4-5-2-1-3-6(11-5)7(9)10/h1-3H,4H2,(H3,9,10). The largest absolute Gasteiger partial charge is 0.382 e. The van der Waals surface area contributed by atoms with E-state index in [0.717, 1.165) is 0 Å². The highest BCUT2D eigenvalue weighted by Gasteiger charge is 1.98. The Labute approximate surface area is 63.6 Å². The summed E-state index contributed by atoms with van der Waals surface area (Å²) in [6.45, 7) is -0.624. The van der Waals surface area contributed by atoms with Gasteiger partial charge in [0, 0.05) is 0 Å². The quantitative estimate of drug-likeness (QED) is 0.488. The van der Waals surface area contributed by atoms with E-state index in [1.807, 2.05) is 0 Å². The lowest BCUT2D eigenvalue weighted by Crippen LogP contribution is -2.13. The molecule has 4 heteroatoms. The van der Waals surface area contributed by atoms with Crippen LogP contribution in [0.5, 0.6) is 0 Å². The molecule has 0 aliphatic heterocycles. The summed E-state index contributed by atoms with van der Waals surface area (Å²) in [6.07, 6.45) is 0. The van der Waals surface area contributed by atoms with Crippen molar-refractivity contribution in [3.05, 3.63) is 29.6 Å². The number of alkyl halides is 1. The monoisotopic (exact) mass is 153 g/mol. The van der Waals surface area contributed by atoms with E-state index in [0.29, 0.717) is 11.4 Å². The Kier molecular flexibility index (Phi) is 2.15. The molecule has 0 unspecified atom stereocenters. The van der Waals surface area contributed by atoms with Crippen molar-refractivity contribution in [1.82, 2.24) is 4.98 Å². The third-order valence-electron chi connectivity index (χ3n) is 1.22. The SMILES string of the molecule is N=C(N)c1cccc(CF)n1. The molecule has 0 amide bonds. The third kappa shape index (κ3) is 1.73. The summed E-state index contributed by atoms with van der Waals surface area (Å²) in [7, 11) is 0. The summed E-state index contributed by atoms with van der Waals surface area (Å²) >= 11 is 0. The van der Waals surface area contributed by atoms with Gasteiger partial charge >= 0.3 is 0 Å². The molecule has 0 saturated heterocycles. The topological polar surface area (TPSA) is 62.8 Å². The molecule has 0 aliphatic carbocycles. The first kappa shape index (κ1) is 7.65. The summed E-state index contributed by atoms with van der Waals surface area (Å²) in [5.41, 5.74) is 5.76. The Bertz CT molecular complexity index is 272. The van der Waals surface area contributed by atoms with Crippen molar-refractivity contribution in [3.8, 4) is 0 Å². The van der Waals surface area contributed by atoms with Gasteiger partial charge < -0.3 is 5.73 Å². The molecule has 0 fully saturated rings. The van der Waals surface area contributed by atoms with Crippen LogP contribution in [-0.4, -0.2) is 10.8 Å². The molecule has 0 spiro atoms. The second-order valence-corrected chi connectivity index (χ2v) is 2.06. The maximum absolute atomic E-state index is 12.0. The van der Waals surface area contributed by atoms with Crippen LogP contribution in [0.3, 0.4) is 0 Å². The number of hydrogen-bond acceptors (Lipinski definition) is 2. The molecular weight excluding hydrogens is 145 g/mol. The van der Waals surface area contributed by atoms with E-state index in [1.165, 1.54) is 0 Å². The molecule has 1 aromatic heterocycles. The van der Waals surface area contributed by atoms with Gasteiger partial charge in [-0.25, -0.2) is 9.37 Å². The van der Waals surface area contributed by atoms with Crippen LogP contribution in [0, 0.1) is 5.41 Å². The zero-order valence-corrected chi connectivity index (χ0v) is 5.84. The average Bonchev–Trinajstić information content (AvgIpc) is 2.05. The average molecular weight is 153 g/mol. The van der Waals surface area contributed by atoms with Crippen LogP contribution in [0.1, 0.15) is 11.4 Å². The highest BCUT2D eigenvalue weighted by atomic mass is 19.1. The number of rotatable bonds is 2. The Morgan fingerprint density at radius 2 is 2.36 bits per heavy atom. The number of halogens is 1. The van der Waals surface area contributed by atoms with Gasteiger partial charge in [0.05, 0.1) is 5.69 Å². The number of amidine groups is 1. The lowest BCUT2D eigenvalue weighted by Gasteiger charge is -1.97. The fraction of sp³-hybridized carbons (Fsp3) is 0.143. The molecule has 0 aromatic carbocycles. The normalized spacial score (nSPS) is 9.55. The van der Waals surface area contributed by atoms with Crippen LogP contribution >= 0.6 is 0 Å². The van der Waals surface area contributed by atoms with Crippen LogP contribution < -0.4 is 5.73 Å². The maximum atomic E-state index is 12.0. The third-order valence-corrected chi connectivity index (χ3v) is 1.22. The van der Waals surface area contributed by atoms with E-state index in [9.17, 15) is 4.39 Å². The Morgan fingerprint density at radius 3 is 2.91 bits per heavy atom. The molecule has 1 heterocycles. The Hall–Kier alpha value is -1.45. The fourth-order valence-corrected chi connectivity index (χ4v) is 0.704. The van der Waals surface area contributed by atoms with Crippen molar-refractivity contribution < 1.29 is 4.39 Å². The van der Waals surface area contributed by atoms with Gasteiger partial charge in [0.25, 0.3) is 0 Å². The molecule has 11 heavy (non-hydrogen) atoms. The number of pyridine rings is 1. The first-order chi connectivity index (χ1) is 5.24. The number of nitrogens with zero attached hydrogens (tertiary/aromatic N) is 1. The number of hydrogen-bond donors (Lipinski definition) is 2. The van der Waals surface area contributed by atoms with Crippen molar-refractivity contribution in [2.45, 2.75) is 6.67 Å². The minimum atomic E-state index is -0.624. The number of nitrogen functional groups attached to an aromatic ring is 1. The summed E-state index contributed by atoms with van der Waals surface area (Å²) in [4.78, 5) is 3.77. The summed E-state index contributed by atoms with van der Waals surface area (Å²) < 4.78 is 12.0. The molecule has 1 aromatic rings. The van der Waals surface area contributed by atoms with Crippen LogP contribution in [0.25, 0.3) is 0 Å². The molecule has 0 aliphatic rings. The summed E-state index contributed by atoms with van der Waals surface area (Å²) in [5.74, 6) is -0.139. The number of aromatic nitrogens is 1. The minimum Gasteiger partial charge on any atom is -0.382 e. The van der Waals surface area contributed by atoms with Crippen molar-refractivity contribution in [1.29, 1.82) is 5.41 Å². The van der Waals surface area contributed by atoms with E-state index in [4.69, 9.17) is 11.1 Å². The van der Waals surface area contributed by atoms with Gasteiger partial charge in [0.2, 0.25) is 0 Å². The van der Waals surface area contributed by atoms with E-state index < -0.39 is 6.67 Å². The molecule has 0 atom stereocenters. The predicted octanol–water partition coefficient (Wildman–Crippen LogP) is 0.835. The second kappa shape index (κ2) is 3.09. The van der Waals surface area contributed by atoms with Gasteiger partial charge in [-0.05, 0) is 12.1 Å². The lowest BCUT2D eigenvalue weighted by molar-refractivity contribution is 0.476. The van der Waals surface area contributed by atoms with E-state index in [-0.39, 0.29) is 5.84 Å². The maximum Gasteiger partial charge on any atom is 0.141 e. The second-order valence-electron chi connectivity index (χ2n) is 2.06. The number of nitrogens with one attached hydrogen (secondary N) is 1. The lowest BCUT2D eigenvalue weighted by atomic mass is 10.3. The molecule has 3 N–H and O–H groups in total. The van der Waals surface area contributed by atoms with Gasteiger partial charge in [0.1, 0.15) is 18.2 Å². The van der Waals surface area contributed by atoms with Gasteiger partial charge in [-0.2, -0.15) is 0 Å². The van der Waals surface area contributed by atoms with Gasteiger partial charge in [-0.15, -0.1) is 0 Å². The molecular formula is C7H8FN3. The van der Waals surface area contributed by atoms with E-state index in [1.54, 1.807) is 18.2 Å². The van der Waals surface area contributed by atoms with Gasteiger partial charge in [-0.3, -0.25) is 5.41 Å². The smallest absolute Gasteiger partial charge is 0.141 e. The van der Waals surface area contributed by atoms with Crippen LogP contribution in [-0.2, 0) is 6.67 Å². The number of nitrogens with two attached hydrogens (primary N) is 1. The van der Waals surface area contributed by atoms with Crippen LogP contribution in [0.4, 0.5) is 4.39 Å². The highest BCUT2D eigenvalue weighted by molar-refractivity contribution is 5.92. The van der Waals surface area contributed by atoms with Crippen LogP contribution in [0.2, 0.25) is 0 Å². The highest BCUT2D eigenvalue weighted by Crippen LogP contribution is 1.99. The first-order valence-corrected chi connectivity index (χ1v) is 3.10.